The van der Waals surface area contributed by atoms with E-state index in [2.05, 4.69) is 15.0 Å². The van der Waals surface area contributed by atoms with Gasteiger partial charge >= 0.3 is 23.3 Å². The number of benzene rings is 1. The molecule has 1 N–H and O–H groups in total. The predicted molar refractivity (Wildman–Crippen MR) is 125 cm³/mol. The first-order valence-corrected chi connectivity index (χ1v) is 12.1. The lowest BCUT2D eigenvalue weighted by molar-refractivity contribution is -0.192. The van der Waals surface area contributed by atoms with Gasteiger partial charge in [0.25, 0.3) is 0 Å². The minimum Gasteiger partial charge on any atom is -0.475 e. The molecule has 0 radical (unpaired) electrons. The van der Waals surface area contributed by atoms with Crippen LogP contribution in [0.15, 0.2) is 39.2 Å². The van der Waals surface area contributed by atoms with Crippen molar-refractivity contribution in [1.29, 1.82) is 0 Å². The Labute approximate surface area is 211 Å². The number of aliphatic carboxylic acids is 1. The Morgan fingerprint density at radius 3 is 2.41 bits per heavy atom. The number of thiazole rings is 1. The SMILES string of the molecule is Cc1nc(Cn2nc3n(c(=O)c2=O)CC2(CCN(Cc4ccc(F)cc4)C2)C3)cs1.O=C(O)C(F)(F)F. The maximum absolute atomic E-state index is 13.2. The van der Waals surface area contributed by atoms with E-state index in [1.165, 1.54) is 28.2 Å². The molecule has 37 heavy (non-hydrogen) atoms. The number of rotatable bonds is 4. The van der Waals surface area contributed by atoms with Gasteiger partial charge in [-0.2, -0.15) is 18.3 Å². The van der Waals surface area contributed by atoms with E-state index in [-0.39, 0.29) is 17.8 Å². The van der Waals surface area contributed by atoms with Gasteiger partial charge in [0.2, 0.25) is 0 Å². The Morgan fingerprint density at radius 1 is 1.14 bits per heavy atom. The molecule has 198 valence electrons. The normalized spacial score (nSPS) is 19.1. The van der Waals surface area contributed by atoms with Crippen LogP contribution in [0.4, 0.5) is 17.6 Å². The third-order valence-corrected chi connectivity index (χ3v) is 7.12. The summed E-state index contributed by atoms with van der Waals surface area (Å²) in [5.41, 5.74) is 0.638. The van der Waals surface area contributed by atoms with E-state index in [4.69, 9.17) is 9.90 Å². The fourth-order valence-electron chi connectivity index (χ4n) is 4.63. The van der Waals surface area contributed by atoms with Crippen LogP contribution < -0.4 is 11.1 Å². The van der Waals surface area contributed by atoms with Gasteiger partial charge in [0.1, 0.15) is 11.6 Å². The zero-order chi connectivity index (χ0) is 27.0. The molecule has 1 spiro atoms. The highest BCUT2D eigenvalue weighted by atomic mass is 32.1. The van der Waals surface area contributed by atoms with Crippen molar-refractivity contribution in [3.8, 4) is 0 Å². The van der Waals surface area contributed by atoms with E-state index in [0.717, 1.165) is 42.3 Å². The quantitative estimate of drug-likeness (QED) is 0.399. The van der Waals surface area contributed by atoms with Crippen LogP contribution in [0.3, 0.4) is 0 Å². The number of hydrogen-bond donors (Lipinski definition) is 1. The van der Waals surface area contributed by atoms with E-state index in [0.29, 0.717) is 18.8 Å². The molecule has 1 aromatic carbocycles. The number of carbonyl (C=O) groups is 1. The summed E-state index contributed by atoms with van der Waals surface area (Å²) < 4.78 is 47.7. The molecule has 2 aromatic heterocycles. The fraction of sp³-hybridized carbons (Fsp3) is 0.435. The molecular formula is C23H23F4N5O4S. The Kier molecular flexibility index (Phi) is 7.33. The summed E-state index contributed by atoms with van der Waals surface area (Å²) >= 11 is 1.51. The lowest BCUT2D eigenvalue weighted by Crippen LogP contribution is -2.43. The van der Waals surface area contributed by atoms with Gasteiger partial charge in [0.05, 0.1) is 17.2 Å². The zero-order valence-corrected chi connectivity index (χ0v) is 20.5. The molecule has 1 fully saturated rings. The monoisotopic (exact) mass is 541 g/mol. The van der Waals surface area contributed by atoms with Crippen LogP contribution in [-0.2, 0) is 30.8 Å². The topological polar surface area (TPSA) is 110 Å². The molecule has 0 aliphatic carbocycles. The summed E-state index contributed by atoms with van der Waals surface area (Å²) in [4.78, 5) is 40.9. The van der Waals surface area contributed by atoms with E-state index in [9.17, 15) is 27.2 Å². The van der Waals surface area contributed by atoms with E-state index >= 15 is 0 Å². The number of aryl methyl sites for hydroxylation is 1. The lowest BCUT2D eigenvalue weighted by atomic mass is 9.86. The van der Waals surface area contributed by atoms with Crippen molar-refractivity contribution in [3.63, 3.8) is 0 Å². The van der Waals surface area contributed by atoms with Crippen LogP contribution >= 0.6 is 11.3 Å². The van der Waals surface area contributed by atoms with Crippen LogP contribution in [0.5, 0.6) is 0 Å². The molecule has 3 aromatic rings. The predicted octanol–water partition coefficient (Wildman–Crippen LogP) is 2.44. The summed E-state index contributed by atoms with van der Waals surface area (Å²) in [6.07, 6.45) is -3.46. The van der Waals surface area contributed by atoms with Crippen molar-refractivity contribution in [2.75, 3.05) is 13.1 Å². The Bertz CT molecular complexity index is 1420. The number of alkyl halides is 3. The van der Waals surface area contributed by atoms with Crippen LogP contribution in [0.2, 0.25) is 0 Å². The van der Waals surface area contributed by atoms with E-state index < -0.39 is 23.3 Å². The fourth-order valence-corrected chi connectivity index (χ4v) is 5.23. The first-order valence-electron chi connectivity index (χ1n) is 11.2. The van der Waals surface area contributed by atoms with Crippen molar-refractivity contribution in [2.24, 2.45) is 5.41 Å². The summed E-state index contributed by atoms with van der Waals surface area (Å²) in [6, 6.07) is 6.58. The number of likely N-dealkylation sites (tertiary alicyclic amines) is 1. The minimum absolute atomic E-state index is 0.0813. The molecular weight excluding hydrogens is 518 g/mol. The molecule has 2 aliphatic rings. The van der Waals surface area contributed by atoms with Gasteiger partial charge < -0.3 is 5.11 Å². The maximum atomic E-state index is 13.2. The highest BCUT2D eigenvalue weighted by Crippen LogP contribution is 2.39. The van der Waals surface area contributed by atoms with Crippen LogP contribution in [0.1, 0.15) is 28.5 Å². The zero-order valence-electron chi connectivity index (χ0n) is 19.7. The molecule has 0 saturated carbocycles. The van der Waals surface area contributed by atoms with Gasteiger partial charge in [-0.1, -0.05) is 12.1 Å². The molecule has 1 atom stereocenters. The number of aromatic nitrogens is 4. The lowest BCUT2D eigenvalue weighted by Gasteiger charge is -2.22. The van der Waals surface area contributed by atoms with Crippen molar-refractivity contribution >= 4 is 17.3 Å². The number of hydrogen-bond acceptors (Lipinski definition) is 7. The first-order chi connectivity index (χ1) is 17.3. The smallest absolute Gasteiger partial charge is 0.475 e. The molecule has 1 saturated heterocycles. The van der Waals surface area contributed by atoms with Gasteiger partial charge in [-0.15, -0.1) is 11.3 Å². The van der Waals surface area contributed by atoms with Crippen molar-refractivity contribution in [1.82, 2.24) is 24.2 Å². The van der Waals surface area contributed by atoms with Gasteiger partial charge in [0.15, 0.2) is 0 Å². The second-order valence-electron chi connectivity index (χ2n) is 9.19. The summed E-state index contributed by atoms with van der Waals surface area (Å²) in [7, 11) is 0. The van der Waals surface area contributed by atoms with Gasteiger partial charge in [-0.3, -0.25) is 19.1 Å². The number of nitrogens with zero attached hydrogens (tertiary/aromatic N) is 5. The highest BCUT2D eigenvalue weighted by Gasteiger charge is 2.44. The van der Waals surface area contributed by atoms with Crippen LogP contribution in [-0.4, -0.2) is 54.6 Å². The van der Waals surface area contributed by atoms with Crippen molar-refractivity contribution < 1.29 is 27.5 Å². The van der Waals surface area contributed by atoms with E-state index in [1.54, 1.807) is 4.57 Å². The average molecular weight is 542 g/mol. The number of carboxylic acid groups (broad SMARTS) is 1. The highest BCUT2D eigenvalue weighted by molar-refractivity contribution is 7.09. The largest absolute Gasteiger partial charge is 0.490 e. The molecule has 2 aliphatic heterocycles. The second-order valence-corrected chi connectivity index (χ2v) is 10.3. The molecule has 9 nitrogen and oxygen atoms in total. The molecule has 14 heteroatoms. The molecule has 0 amide bonds. The van der Waals surface area contributed by atoms with Crippen molar-refractivity contribution in [2.45, 2.75) is 45.6 Å². The summed E-state index contributed by atoms with van der Waals surface area (Å²) in [6.45, 7) is 5.13. The number of fused-ring (bicyclic) bond motifs is 1. The Hall–Kier alpha value is -3.39. The van der Waals surface area contributed by atoms with E-state index in [1.807, 2.05) is 24.4 Å². The molecule has 4 heterocycles. The summed E-state index contributed by atoms with van der Waals surface area (Å²) in [5.74, 6) is -2.31. The van der Waals surface area contributed by atoms with Gasteiger partial charge in [-0.25, -0.2) is 18.9 Å². The van der Waals surface area contributed by atoms with Crippen LogP contribution in [0.25, 0.3) is 0 Å². The first kappa shape index (κ1) is 26.7. The minimum atomic E-state index is -5.08. The number of carboxylic acids is 1. The van der Waals surface area contributed by atoms with Crippen LogP contribution in [0, 0.1) is 18.2 Å². The average Bonchev–Trinajstić information content (AvgIpc) is 3.52. The maximum Gasteiger partial charge on any atom is 0.490 e. The van der Waals surface area contributed by atoms with Gasteiger partial charge in [-0.05, 0) is 37.6 Å². The summed E-state index contributed by atoms with van der Waals surface area (Å²) in [5, 5.41) is 14.5. The third-order valence-electron chi connectivity index (χ3n) is 6.29. The molecule has 0 bridgehead atoms. The van der Waals surface area contributed by atoms with Gasteiger partial charge in [0, 0.05) is 36.9 Å². The Balaban J connectivity index is 0.000000405. The standard InChI is InChI=1S/C21H22FN5O2S.C2HF3O2/c1-14-23-17(11-30-14)10-27-20(29)19(28)26-13-21(8-18(26)24-27)6-7-25(12-21)9-15-2-4-16(22)5-3-15;3-2(4,5)1(6)7/h2-5,11H,6-10,12-13H2,1H3;(H,6,7). The van der Waals surface area contributed by atoms with Crippen molar-refractivity contribution in [3.05, 3.63) is 78.3 Å². The molecule has 1 unspecified atom stereocenters. The second kappa shape index (κ2) is 10.2. The number of halogens is 4. The Morgan fingerprint density at radius 2 is 1.81 bits per heavy atom. The third kappa shape index (κ3) is 6.13. The molecule has 5 rings (SSSR count).